The van der Waals surface area contributed by atoms with E-state index in [-0.39, 0.29) is 11.8 Å². The number of aryl methyl sites for hydroxylation is 1. The highest BCUT2D eigenvalue weighted by Gasteiger charge is 2.32. The third kappa shape index (κ3) is 4.87. The topological polar surface area (TPSA) is 66.9 Å². The standard InChI is InChI=1S/C24H28N2O4/c1-4-22(27)26-16-6-5-7-21(26)24(29)30-20-14-12-19(13-15-20)25(3)23(28)18-10-8-17(2)9-11-18/h8-15,21H,4-7,16H2,1-3H3. The Hall–Kier alpha value is -3.15. The van der Waals surface area contributed by atoms with E-state index in [0.717, 1.165) is 18.4 Å². The average molecular weight is 408 g/mol. The van der Waals surface area contributed by atoms with E-state index in [9.17, 15) is 14.4 Å². The zero-order valence-corrected chi connectivity index (χ0v) is 17.8. The molecule has 0 N–H and O–H groups in total. The normalized spacial score (nSPS) is 16.1. The van der Waals surface area contributed by atoms with Gasteiger partial charge in [-0.2, -0.15) is 0 Å². The van der Waals surface area contributed by atoms with Crippen LogP contribution in [-0.4, -0.2) is 42.3 Å². The number of likely N-dealkylation sites (tertiary alicyclic amines) is 1. The number of nitrogens with zero attached hydrogens (tertiary/aromatic N) is 2. The maximum Gasteiger partial charge on any atom is 0.334 e. The quantitative estimate of drug-likeness (QED) is 0.555. The van der Waals surface area contributed by atoms with Gasteiger partial charge in [0.2, 0.25) is 5.91 Å². The number of ether oxygens (including phenoxy) is 1. The number of esters is 1. The van der Waals surface area contributed by atoms with Crippen molar-refractivity contribution in [1.82, 2.24) is 4.90 Å². The average Bonchev–Trinajstić information content (AvgIpc) is 2.78. The summed E-state index contributed by atoms with van der Waals surface area (Å²) in [7, 11) is 1.71. The van der Waals surface area contributed by atoms with Crippen LogP contribution in [0.15, 0.2) is 48.5 Å². The Morgan fingerprint density at radius 1 is 1.03 bits per heavy atom. The molecular formula is C24H28N2O4. The van der Waals surface area contributed by atoms with Gasteiger partial charge in [0.15, 0.2) is 0 Å². The predicted octanol–water partition coefficient (Wildman–Crippen LogP) is 3.97. The minimum absolute atomic E-state index is 0.0248. The smallest absolute Gasteiger partial charge is 0.334 e. The Kier molecular flexibility index (Phi) is 6.87. The van der Waals surface area contributed by atoms with Crippen LogP contribution in [-0.2, 0) is 9.59 Å². The van der Waals surface area contributed by atoms with Gasteiger partial charge in [0.05, 0.1) is 0 Å². The molecule has 2 aromatic rings. The summed E-state index contributed by atoms with van der Waals surface area (Å²) in [6.07, 6.45) is 2.81. The van der Waals surface area contributed by atoms with Crippen LogP contribution in [0.3, 0.4) is 0 Å². The summed E-state index contributed by atoms with van der Waals surface area (Å²) in [5.74, 6) is -0.151. The zero-order valence-electron chi connectivity index (χ0n) is 17.8. The number of piperidine rings is 1. The van der Waals surface area contributed by atoms with Crippen molar-refractivity contribution >= 4 is 23.5 Å². The fourth-order valence-corrected chi connectivity index (χ4v) is 3.61. The molecular weight excluding hydrogens is 380 g/mol. The lowest BCUT2D eigenvalue weighted by molar-refractivity contribution is -0.149. The Balaban J connectivity index is 1.66. The molecule has 1 aliphatic heterocycles. The summed E-state index contributed by atoms with van der Waals surface area (Å²) in [6, 6.07) is 13.7. The Morgan fingerprint density at radius 2 is 1.70 bits per heavy atom. The molecule has 0 spiro atoms. The molecule has 2 amide bonds. The molecule has 0 aromatic heterocycles. The fraction of sp³-hybridized carbons (Fsp3) is 0.375. The molecule has 1 saturated heterocycles. The molecule has 6 nitrogen and oxygen atoms in total. The van der Waals surface area contributed by atoms with E-state index < -0.39 is 12.0 Å². The van der Waals surface area contributed by atoms with Gasteiger partial charge >= 0.3 is 5.97 Å². The van der Waals surface area contributed by atoms with E-state index in [1.807, 2.05) is 19.1 Å². The van der Waals surface area contributed by atoms with Gasteiger partial charge in [-0.1, -0.05) is 24.6 Å². The molecule has 6 heteroatoms. The zero-order chi connectivity index (χ0) is 21.7. The minimum Gasteiger partial charge on any atom is -0.425 e. The van der Waals surface area contributed by atoms with Gasteiger partial charge in [0.25, 0.3) is 5.91 Å². The van der Waals surface area contributed by atoms with Gasteiger partial charge in [-0.25, -0.2) is 4.79 Å². The molecule has 0 radical (unpaired) electrons. The van der Waals surface area contributed by atoms with E-state index in [4.69, 9.17) is 4.74 Å². The fourth-order valence-electron chi connectivity index (χ4n) is 3.61. The number of rotatable bonds is 5. The molecule has 1 unspecified atom stereocenters. The van der Waals surface area contributed by atoms with Crippen LogP contribution in [0, 0.1) is 6.92 Å². The van der Waals surface area contributed by atoms with E-state index in [1.54, 1.807) is 60.2 Å². The highest BCUT2D eigenvalue weighted by Crippen LogP contribution is 2.23. The summed E-state index contributed by atoms with van der Waals surface area (Å²) in [6.45, 7) is 4.37. The molecule has 0 saturated carbocycles. The Labute approximate surface area is 177 Å². The monoisotopic (exact) mass is 408 g/mol. The molecule has 158 valence electrons. The van der Waals surface area contributed by atoms with Crippen LogP contribution >= 0.6 is 0 Å². The van der Waals surface area contributed by atoms with Crippen molar-refractivity contribution in [2.45, 2.75) is 45.6 Å². The molecule has 1 fully saturated rings. The number of amides is 2. The molecule has 30 heavy (non-hydrogen) atoms. The summed E-state index contributed by atoms with van der Waals surface area (Å²) < 4.78 is 5.54. The first-order valence-corrected chi connectivity index (χ1v) is 10.4. The second kappa shape index (κ2) is 9.57. The number of carbonyl (C=O) groups is 3. The van der Waals surface area contributed by atoms with Crippen molar-refractivity contribution < 1.29 is 19.1 Å². The van der Waals surface area contributed by atoms with Crippen LogP contribution in [0.5, 0.6) is 5.75 Å². The van der Waals surface area contributed by atoms with Crippen LogP contribution in [0.2, 0.25) is 0 Å². The Morgan fingerprint density at radius 3 is 2.33 bits per heavy atom. The molecule has 1 atom stereocenters. The van der Waals surface area contributed by atoms with Crippen molar-refractivity contribution in [3.05, 3.63) is 59.7 Å². The second-order valence-corrected chi connectivity index (χ2v) is 7.60. The first-order chi connectivity index (χ1) is 14.4. The maximum atomic E-state index is 12.7. The molecule has 1 aliphatic rings. The van der Waals surface area contributed by atoms with E-state index >= 15 is 0 Å². The van der Waals surface area contributed by atoms with E-state index in [2.05, 4.69) is 0 Å². The van der Waals surface area contributed by atoms with Gasteiger partial charge in [-0.15, -0.1) is 0 Å². The number of carbonyl (C=O) groups excluding carboxylic acids is 3. The summed E-state index contributed by atoms with van der Waals surface area (Å²) in [5, 5.41) is 0. The van der Waals surface area contributed by atoms with Crippen molar-refractivity contribution in [2.24, 2.45) is 0 Å². The van der Waals surface area contributed by atoms with Gasteiger partial charge in [-0.05, 0) is 62.6 Å². The number of hydrogen-bond acceptors (Lipinski definition) is 4. The van der Waals surface area contributed by atoms with Gasteiger partial charge in [-0.3, -0.25) is 9.59 Å². The van der Waals surface area contributed by atoms with Crippen molar-refractivity contribution in [2.75, 3.05) is 18.5 Å². The lowest BCUT2D eigenvalue weighted by Crippen LogP contribution is -2.49. The molecule has 1 heterocycles. The Bertz CT molecular complexity index is 906. The van der Waals surface area contributed by atoms with Crippen molar-refractivity contribution in [1.29, 1.82) is 0 Å². The summed E-state index contributed by atoms with van der Waals surface area (Å²) >= 11 is 0. The summed E-state index contributed by atoms with van der Waals surface area (Å²) in [4.78, 5) is 40.6. The van der Waals surface area contributed by atoms with Gasteiger partial charge < -0.3 is 14.5 Å². The highest BCUT2D eigenvalue weighted by molar-refractivity contribution is 6.05. The molecule has 0 bridgehead atoms. The second-order valence-electron chi connectivity index (χ2n) is 7.60. The lowest BCUT2D eigenvalue weighted by Gasteiger charge is -2.33. The van der Waals surface area contributed by atoms with Crippen LogP contribution in [0.1, 0.15) is 48.5 Å². The number of benzene rings is 2. The van der Waals surface area contributed by atoms with Crippen LogP contribution in [0.4, 0.5) is 5.69 Å². The highest BCUT2D eigenvalue weighted by atomic mass is 16.5. The van der Waals surface area contributed by atoms with Gasteiger partial charge in [0.1, 0.15) is 11.8 Å². The van der Waals surface area contributed by atoms with Crippen LogP contribution in [0.25, 0.3) is 0 Å². The van der Waals surface area contributed by atoms with Crippen molar-refractivity contribution in [3.63, 3.8) is 0 Å². The first kappa shape index (κ1) is 21.6. The number of hydrogen-bond donors (Lipinski definition) is 0. The SMILES string of the molecule is CCC(=O)N1CCCCC1C(=O)Oc1ccc(N(C)C(=O)c2ccc(C)cc2)cc1. The van der Waals surface area contributed by atoms with Crippen LogP contribution < -0.4 is 9.64 Å². The third-order valence-corrected chi connectivity index (χ3v) is 5.44. The third-order valence-electron chi connectivity index (χ3n) is 5.44. The largest absolute Gasteiger partial charge is 0.425 e. The predicted molar refractivity (Wildman–Crippen MR) is 116 cm³/mol. The van der Waals surface area contributed by atoms with E-state index in [1.165, 1.54) is 0 Å². The van der Waals surface area contributed by atoms with Crippen molar-refractivity contribution in [3.8, 4) is 5.75 Å². The van der Waals surface area contributed by atoms with Gasteiger partial charge in [0, 0.05) is 31.3 Å². The molecule has 3 rings (SSSR count). The van der Waals surface area contributed by atoms with E-state index in [0.29, 0.717) is 36.4 Å². The molecule has 2 aromatic carbocycles. The minimum atomic E-state index is -0.531. The number of anilines is 1. The maximum absolute atomic E-state index is 12.7. The lowest BCUT2D eigenvalue weighted by atomic mass is 10.0. The first-order valence-electron chi connectivity index (χ1n) is 10.4. The molecule has 0 aliphatic carbocycles. The summed E-state index contributed by atoms with van der Waals surface area (Å²) in [5.41, 5.74) is 2.40.